The zero-order valence-electron chi connectivity index (χ0n) is 17.8. The second kappa shape index (κ2) is 10.4. The van der Waals surface area contributed by atoms with E-state index in [9.17, 15) is 34.8 Å². The number of carbonyl (C=O) groups excluding carboxylic acids is 3. The number of hydrogen-bond donors (Lipinski definition) is 4. The van der Waals surface area contributed by atoms with Gasteiger partial charge in [-0.05, 0) is 18.6 Å². The molecule has 1 heterocycles. The summed E-state index contributed by atoms with van der Waals surface area (Å²) in [6.45, 7) is 0.0929. The minimum Gasteiger partial charge on any atom is -0.460 e. The molecule has 1 aliphatic carbocycles. The van der Waals surface area contributed by atoms with E-state index >= 15 is 0 Å². The lowest BCUT2D eigenvalue weighted by Crippen LogP contribution is -2.61. The lowest BCUT2D eigenvalue weighted by Gasteiger charge is -2.41. The number of ether oxygens (including phenoxy) is 4. The van der Waals surface area contributed by atoms with Crippen LogP contribution in [0, 0.1) is 0 Å². The van der Waals surface area contributed by atoms with Crippen molar-refractivity contribution in [3.8, 4) is 5.75 Å². The van der Waals surface area contributed by atoms with Crippen LogP contribution in [0.25, 0.3) is 0 Å². The maximum atomic E-state index is 12.4. The minimum absolute atomic E-state index is 0.0125. The Morgan fingerprint density at radius 3 is 2.61 bits per heavy atom. The van der Waals surface area contributed by atoms with E-state index in [0.717, 1.165) is 13.0 Å². The Balaban J connectivity index is 1.76. The number of benzene rings is 1. The zero-order valence-corrected chi connectivity index (χ0v) is 17.8. The summed E-state index contributed by atoms with van der Waals surface area (Å²) < 4.78 is 21.4. The van der Waals surface area contributed by atoms with Gasteiger partial charge in [0.05, 0.1) is 6.61 Å². The Labute approximate surface area is 189 Å². The van der Waals surface area contributed by atoms with Gasteiger partial charge in [0.2, 0.25) is 11.9 Å². The summed E-state index contributed by atoms with van der Waals surface area (Å²) in [6, 6.07) is 6.25. The van der Waals surface area contributed by atoms with Gasteiger partial charge in [-0.3, -0.25) is 9.59 Å². The van der Waals surface area contributed by atoms with E-state index in [4.69, 9.17) is 18.9 Å². The highest BCUT2D eigenvalue weighted by atomic mass is 16.7. The predicted molar refractivity (Wildman–Crippen MR) is 109 cm³/mol. The Morgan fingerprint density at radius 2 is 1.94 bits per heavy atom. The summed E-state index contributed by atoms with van der Waals surface area (Å²) in [6.07, 6.45) is -4.11. The molecule has 1 aromatic carbocycles. The number of rotatable bonds is 7. The summed E-state index contributed by atoms with van der Waals surface area (Å²) >= 11 is 0. The molecule has 1 fully saturated rings. The first-order chi connectivity index (χ1) is 15.7. The van der Waals surface area contributed by atoms with Gasteiger partial charge in [0.25, 0.3) is 0 Å². The molecule has 11 nitrogen and oxygen atoms in total. The number of allylic oxidation sites excluding steroid dienone is 1. The fourth-order valence-corrected chi connectivity index (χ4v) is 3.52. The third-order valence-electron chi connectivity index (χ3n) is 5.33. The molecule has 1 aromatic rings. The Morgan fingerprint density at radius 1 is 1.21 bits per heavy atom. The minimum atomic E-state index is -2.35. The van der Waals surface area contributed by atoms with Gasteiger partial charge in [-0.25, -0.2) is 4.79 Å². The van der Waals surface area contributed by atoms with E-state index in [-0.39, 0.29) is 18.8 Å². The largest absolute Gasteiger partial charge is 0.460 e. The van der Waals surface area contributed by atoms with E-state index in [1.54, 1.807) is 18.2 Å². The summed E-state index contributed by atoms with van der Waals surface area (Å²) in [5, 5.41) is 40.2. The summed E-state index contributed by atoms with van der Waals surface area (Å²) in [4.78, 5) is 35.8. The van der Waals surface area contributed by atoms with Gasteiger partial charge in [-0.1, -0.05) is 24.3 Å². The van der Waals surface area contributed by atoms with Crippen molar-refractivity contribution in [2.75, 3.05) is 6.61 Å². The van der Waals surface area contributed by atoms with Gasteiger partial charge in [-0.15, -0.1) is 0 Å². The van der Waals surface area contributed by atoms with Crippen LogP contribution in [0.2, 0.25) is 0 Å². The van der Waals surface area contributed by atoms with E-state index in [2.05, 4.69) is 0 Å². The topological polar surface area (TPSA) is 169 Å². The first-order valence-electron chi connectivity index (χ1n) is 10.3. The third kappa shape index (κ3) is 5.40. The van der Waals surface area contributed by atoms with Crippen molar-refractivity contribution >= 4 is 17.7 Å². The highest BCUT2D eigenvalue weighted by molar-refractivity contribution is 6.09. The molecule has 3 rings (SSSR count). The normalized spacial score (nSPS) is 31.7. The average Bonchev–Trinajstić information content (AvgIpc) is 2.79. The molecule has 0 amide bonds. The van der Waals surface area contributed by atoms with Gasteiger partial charge in [0.1, 0.15) is 30.7 Å². The first-order valence-corrected chi connectivity index (χ1v) is 10.3. The number of Topliss-reactive ketones (excluding diaryl/α,β-unsaturated/α-hetero) is 1. The quantitative estimate of drug-likeness (QED) is 0.224. The molecule has 1 unspecified atom stereocenters. The van der Waals surface area contributed by atoms with Crippen molar-refractivity contribution in [3.05, 3.63) is 42.0 Å². The predicted octanol–water partition coefficient (Wildman–Crippen LogP) is -0.870. The first kappa shape index (κ1) is 24.8. The van der Waals surface area contributed by atoms with Crippen molar-refractivity contribution in [1.29, 1.82) is 0 Å². The SMILES string of the molecule is CC(=O)O[C@@H]1[C@@H](Oc2ccccc2COC(=O)C2(O)C=CCCC2=O)O[C@@H](CO)[C@H](O)[C@H]1O. The molecule has 1 saturated heterocycles. The monoisotopic (exact) mass is 466 g/mol. The van der Waals surface area contributed by atoms with Crippen LogP contribution in [0.5, 0.6) is 5.75 Å². The molecule has 33 heavy (non-hydrogen) atoms. The summed E-state index contributed by atoms with van der Waals surface area (Å²) in [5.41, 5.74) is -2.04. The molecule has 180 valence electrons. The summed E-state index contributed by atoms with van der Waals surface area (Å²) in [5.74, 6) is -2.44. The van der Waals surface area contributed by atoms with Gasteiger partial charge in [0.15, 0.2) is 11.9 Å². The highest BCUT2D eigenvalue weighted by Crippen LogP contribution is 2.29. The van der Waals surface area contributed by atoms with Crippen LogP contribution in [-0.2, 0) is 35.2 Å². The summed E-state index contributed by atoms with van der Waals surface area (Å²) in [7, 11) is 0. The molecule has 0 saturated carbocycles. The van der Waals surface area contributed by atoms with Gasteiger partial charge < -0.3 is 39.4 Å². The fraction of sp³-hybridized carbons (Fsp3) is 0.500. The maximum absolute atomic E-state index is 12.4. The van der Waals surface area contributed by atoms with E-state index < -0.39 is 60.6 Å². The van der Waals surface area contributed by atoms with Crippen LogP contribution < -0.4 is 4.74 Å². The number of ketones is 1. The van der Waals surface area contributed by atoms with E-state index in [1.165, 1.54) is 12.1 Å². The second-order valence-corrected chi connectivity index (χ2v) is 7.71. The molecule has 11 heteroatoms. The number of para-hydroxylation sites is 1. The Hall–Kier alpha value is -2.83. The van der Waals surface area contributed by atoms with Crippen molar-refractivity contribution in [2.45, 2.75) is 62.7 Å². The van der Waals surface area contributed by atoms with Gasteiger partial charge in [0, 0.05) is 18.9 Å². The van der Waals surface area contributed by atoms with Crippen LogP contribution >= 0.6 is 0 Å². The molecule has 2 aliphatic rings. The van der Waals surface area contributed by atoms with Crippen LogP contribution in [0.4, 0.5) is 0 Å². The Bertz CT molecular complexity index is 913. The molecular weight excluding hydrogens is 440 g/mol. The molecule has 4 N–H and O–H groups in total. The lowest BCUT2D eigenvalue weighted by molar-refractivity contribution is -0.282. The molecule has 1 aliphatic heterocycles. The molecule has 0 bridgehead atoms. The van der Waals surface area contributed by atoms with Crippen LogP contribution in [-0.4, -0.2) is 81.1 Å². The molecule has 6 atom stereocenters. The van der Waals surface area contributed by atoms with Gasteiger partial charge in [-0.2, -0.15) is 0 Å². The van der Waals surface area contributed by atoms with Gasteiger partial charge >= 0.3 is 11.9 Å². The molecule has 0 radical (unpaired) electrons. The molecule has 0 aromatic heterocycles. The highest BCUT2D eigenvalue weighted by Gasteiger charge is 2.48. The second-order valence-electron chi connectivity index (χ2n) is 7.71. The van der Waals surface area contributed by atoms with Crippen molar-refractivity contribution in [1.82, 2.24) is 0 Å². The van der Waals surface area contributed by atoms with Crippen LogP contribution in [0.15, 0.2) is 36.4 Å². The maximum Gasteiger partial charge on any atom is 0.350 e. The van der Waals surface area contributed by atoms with Crippen molar-refractivity contribution in [3.63, 3.8) is 0 Å². The fourth-order valence-electron chi connectivity index (χ4n) is 3.52. The van der Waals surface area contributed by atoms with Crippen molar-refractivity contribution in [2.24, 2.45) is 0 Å². The number of carbonyl (C=O) groups is 3. The number of esters is 2. The van der Waals surface area contributed by atoms with Crippen LogP contribution in [0.3, 0.4) is 0 Å². The van der Waals surface area contributed by atoms with E-state index in [0.29, 0.717) is 12.0 Å². The lowest BCUT2D eigenvalue weighted by atomic mass is 9.90. The Kier molecular flexibility index (Phi) is 7.82. The molecule has 0 spiro atoms. The van der Waals surface area contributed by atoms with Crippen molar-refractivity contribution < 1.29 is 53.8 Å². The molecular formula is C22H26O11. The standard InChI is InChI=1S/C22H26O11/c1-12(24)31-19-18(27)17(26)15(10-23)33-20(19)32-14-7-3-2-6-13(14)11-30-21(28)22(29)9-5-4-8-16(22)25/h2-3,5-7,9,15,17-20,23,26-27,29H,4,8,10-11H2,1H3/t15-,17-,18+,19-,20-,22?/m0/s1. The average molecular weight is 466 g/mol. The number of aliphatic hydroxyl groups excluding tert-OH is 3. The smallest absolute Gasteiger partial charge is 0.350 e. The zero-order chi connectivity index (χ0) is 24.2. The van der Waals surface area contributed by atoms with Crippen LogP contribution in [0.1, 0.15) is 25.3 Å². The third-order valence-corrected chi connectivity index (χ3v) is 5.33. The number of hydrogen-bond acceptors (Lipinski definition) is 11. The van der Waals surface area contributed by atoms with E-state index in [1.807, 2.05) is 0 Å². The number of aliphatic hydroxyl groups is 4.